The van der Waals surface area contributed by atoms with Gasteiger partial charge in [0, 0.05) is 31.9 Å². The Labute approximate surface area is 120 Å². The van der Waals surface area contributed by atoms with E-state index in [1.54, 1.807) is 0 Å². The van der Waals surface area contributed by atoms with E-state index in [1.165, 1.54) is 5.69 Å². The molecule has 0 saturated carbocycles. The maximum absolute atomic E-state index is 5.27. The average molecular weight is 274 g/mol. The van der Waals surface area contributed by atoms with E-state index in [0.717, 1.165) is 50.9 Å². The van der Waals surface area contributed by atoms with Crippen LogP contribution in [0, 0.1) is 0 Å². The number of pyridine rings is 1. The number of nitrogens with one attached hydrogen (secondary N) is 1. The molecule has 3 heterocycles. The number of ether oxygens (including phenoxy) is 1. The Morgan fingerprint density at radius 3 is 2.55 bits per heavy atom. The quantitative estimate of drug-likeness (QED) is 0.902. The van der Waals surface area contributed by atoms with Gasteiger partial charge in [-0.2, -0.15) is 0 Å². The monoisotopic (exact) mass is 274 g/mol. The summed E-state index contributed by atoms with van der Waals surface area (Å²) in [4.78, 5) is 9.36. The van der Waals surface area contributed by atoms with Crippen LogP contribution in [0.5, 0.6) is 0 Å². The summed E-state index contributed by atoms with van der Waals surface area (Å²) < 4.78 is 5.27. The summed E-state index contributed by atoms with van der Waals surface area (Å²) in [5.41, 5.74) is 2.10. The van der Waals surface area contributed by atoms with Gasteiger partial charge in [0.05, 0.1) is 31.1 Å². The molecule has 2 fully saturated rings. The SMILES string of the molecule is C=C(C)Nc1ccc(N2CCN(C3COC3)CC2)cn1. The van der Waals surface area contributed by atoms with Crippen molar-refractivity contribution in [2.75, 3.05) is 49.6 Å². The zero-order valence-electron chi connectivity index (χ0n) is 12.0. The van der Waals surface area contributed by atoms with Crippen molar-refractivity contribution in [3.05, 3.63) is 30.6 Å². The zero-order chi connectivity index (χ0) is 13.9. The number of nitrogens with zero attached hydrogens (tertiary/aromatic N) is 3. The summed E-state index contributed by atoms with van der Waals surface area (Å²) >= 11 is 0. The van der Waals surface area contributed by atoms with E-state index in [4.69, 9.17) is 4.74 Å². The molecule has 20 heavy (non-hydrogen) atoms. The van der Waals surface area contributed by atoms with Crippen LogP contribution in [0.4, 0.5) is 11.5 Å². The topological polar surface area (TPSA) is 40.6 Å². The summed E-state index contributed by atoms with van der Waals surface area (Å²) in [6.07, 6.45) is 1.94. The molecule has 0 aromatic carbocycles. The van der Waals surface area contributed by atoms with Crippen LogP contribution in [0.15, 0.2) is 30.6 Å². The second kappa shape index (κ2) is 5.81. The molecule has 3 rings (SSSR count). The molecule has 2 aliphatic rings. The predicted octanol–water partition coefficient (Wildman–Crippen LogP) is 1.55. The summed E-state index contributed by atoms with van der Waals surface area (Å²) in [5, 5.41) is 3.13. The van der Waals surface area contributed by atoms with Gasteiger partial charge in [-0.15, -0.1) is 0 Å². The van der Waals surface area contributed by atoms with Gasteiger partial charge in [-0.25, -0.2) is 4.98 Å². The van der Waals surface area contributed by atoms with Crippen LogP contribution in [-0.2, 0) is 4.74 Å². The Morgan fingerprint density at radius 1 is 1.30 bits per heavy atom. The molecule has 0 unspecified atom stereocenters. The van der Waals surface area contributed by atoms with Crippen molar-refractivity contribution in [3.63, 3.8) is 0 Å². The van der Waals surface area contributed by atoms with Crippen LogP contribution in [0.2, 0.25) is 0 Å². The summed E-state index contributed by atoms with van der Waals surface area (Å²) in [7, 11) is 0. The van der Waals surface area contributed by atoms with E-state index in [2.05, 4.69) is 32.7 Å². The number of hydrogen-bond donors (Lipinski definition) is 1. The lowest BCUT2D eigenvalue weighted by molar-refractivity contribution is -0.0660. The van der Waals surface area contributed by atoms with Crippen LogP contribution in [0.25, 0.3) is 0 Å². The highest BCUT2D eigenvalue weighted by atomic mass is 16.5. The van der Waals surface area contributed by atoms with E-state index in [-0.39, 0.29) is 0 Å². The van der Waals surface area contributed by atoms with E-state index in [0.29, 0.717) is 6.04 Å². The zero-order valence-corrected chi connectivity index (χ0v) is 12.0. The highest BCUT2D eigenvalue weighted by Crippen LogP contribution is 2.20. The highest BCUT2D eigenvalue weighted by Gasteiger charge is 2.28. The molecule has 1 aromatic heterocycles. The second-order valence-electron chi connectivity index (χ2n) is 5.52. The Bertz CT molecular complexity index is 461. The van der Waals surface area contributed by atoms with Crippen molar-refractivity contribution in [3.8, 4) is 0 Å². The summed E-state index contributed by atoms with van der Waals surface area (Å²) in [5.74, 6) is 0.853. The summed E-state index contributed by atoms with van der Waals surface area (Å²) in [6, 6.07) is 4.79. The second-order valence-corrected chi connectivity index (χ2v) is 5.52. The van der Waals surface area contributed by atoms with Gasteiger partial charge in [0.1, 0.15) is 5.82 Å². The van der Waals surface area contributed by atoms with Gasteiger partial charge in [-0.1, -0.05) is 6.58 Å². The minimum absolute atomic E-state index is 0.650. The fourth-order valence-electron chi connectivity index (χ4n) is 2.65. The Kier molecular flexibility index (Phi) is 3.89. The molecule has 5 nitrogen and oxygen atoms in total. The molecule has 108 valence electrons. The van der Waals surface area contributed by atoms with Crippen molar-refractivity contribution in [1.29, 1.82) is 0 Å². The molecule has 1 N–H and O–H groups in total. The van der Waals surface area contributed by atoms with Gasteiger partial charge in [0.2, 0.25) is 0 Å². The molecule has 5 heteroatoms. The van der Waals surface area contributed by atoms with Gasteiger partial charge >= 0.3 is 0 Å². The smallest absolute Gasteiger partial charge is 0.130 e. The van der Waals surface area contributed by atoms with Crippen LogP contribution in [-0.4, -0.2) is 55.3 Å². The third kappa shape index (κ3) is 2.94. The molecular weight excluding hydrogens is 252 g/mol. The third-order valence-corrected chi connectivity index (χ3v) is 3.91. The minimum Gasteiger partial charge on any atom is -0.378 e. The van der Waals surface area contributed by atoms with Gasteiger partial charge in [0.25, 0.3) is 0 Å². The van der Waals surface area contributed by atoms with E-state index in [1.807, 2.05) is 19.2 Å². The highest BCUT2D eigenvalue weighted by molar-refractivity contribution is 5.51. The normalized spacial score (nSPS) is 20.6. The lowest BCUT2D eigenvalue weighted by Gasteiger charge is -2.43. The van der Waals surface area contributed by atoms with Gasteiger partial charge < -0.3 is 15.0 Å². The molecule has 0 spiro atoms. The number of allylic oxidation sites excluding steroid dienone is 1. The van der Waals surface area contributed by atoms with E-state index < -0.39 is 0 Å². The number of aromatic nitrogens is 1. The van der Waals surface area contributed by atoms with Gasteiger partial charge in [-0.05, 0) is 19.1 Å². The van der Waals surface area contributed by atoms with Gasteiger partial charge in [-0.3, -0.25) is 4.90 Å². The largest absolute Gasteiger partial charge is 0.378 e. The maximum atomic E-state index is 5.27. The molecular formula is C15H22N4O. The van der Waals surface area contributed by atoms with Crippen molar-refractivity contribution >= 4 is 11.5 Å². The Hall–Kier alpha value is -1.59. The minimum atomic E-state index is 0.650. The number of anilines is 2. The molecule has 0 amide bonds. The van der Waals surface area contributed by atoms with Gasteiger partial charge in [0.15, 0.2) is 0 Å². The van der Waals surface area contributed by atoms with Crippen molar-refractivity contribution in [2.24, 2.45) is 0 Å². The Balaban J connectivity index is 1.55. The first kappa shape index (κ1) is 13.4. The van der Waals surface area contributed by atoms with Crippen LogP contribution < -0.4 is 10.2 Å². The Morgan fingerprint density at radius 2 is 2.05 bits per heavy atom. The van der Waals surface area contributed by atoms with Crippen LogP contribution >= 0.6 is 0 Å². The molecule has 0 atom stereocenters. The van der Waals surface area contributed by atoms with E-state index >= 15 is 0 Å². The number of rotatable bonds is 4. The molecule has 2 saturated heterocycles. The first-order valence-corrected chi connectivity index (χ1v) is 7.18. The van der Waals surface area contributed by atoms with Crippen molar-refractivity contribution < 1.29 is 4.74 Å². The standard InChI is InChI=1S/C15H22N4O/c1-12(2)17-15-4-3-13(9-16-15)18-5-7-19(8-6-18)14-10-20-11-14/h3-4,9,14H,1,5-8,10-11H2,2H3,(H,16,17). The third-order valence-electron chi connectivity index (χ3n) is 3.91. The average Bonchev–Trinajstić information content (AvgIpc) is 2.38. The number of hydrogen-bond acceptors (Lipinski definition) is 5. The first-order chi connectivity index (χ1) is 9.72. The molecule has 2 aliphatic heterocycles. The molecule has 1 aromatic rings. The lowest BCUT2D eigenvalue weighted by atomic mass is 10.2. The summed E-state index contributed by atoms with van der Waals surface area (Å²) in [6.45, 7) is 11.9. The van der Waals surface area contributed by atoms with Crippen molar-refractivity contribution in [1.82, 2.24) is 9.88 Å². The fraction of sp³-hybridized carbons (Fsp3) is 0.533. The fourth-order valence-corrected chi connectivity index (χ4v) is 2.65. The molecule has 0 bridgehead atoms. The van der Waals surface area contributed by atoms with Crippen LogP contribution in [0.1, 0.15) is 6.92 Å². The maximum Gasteiger partial charge on any atom is 0.130 e. The number of piperazine rings is 1. The van der Waals surface area contributed by atoms with Crippen LogP contribution in [0.3, 0.4) is 0 Å². The molecule has 0 radical (unpaired) electrons. The van der Waals surface area contributed by atoms with E-state index in [9.17, 15) is 0 Å². The first-order valence-electron chi connectivity index (χ1n) is 7.18. The molecule has 0 aliphatic carbocycles. The predicted molar refractivity (Wildman–Crippen MR) is 81.1 cm³/mol. The van der Waals surface area contributed by atoms with Crippen molar-refractivity contribution in [2.45, 2.75) is 13.0 Å². The lowest BCUT2D eigenvalue weighted by Crippen LogP contribution is -2.56.